The van der Waals surface area contributed by atoms with E-state index in [-0.39, 0.29) is 11.8 Å². The minimum absolute atomic E-state index is 0.00315. The van der Waals surface area contributed by atoms with Gasteiger partial charge >= 0.3 is 0 Å². The highest BCUT2D eigenvalue weighted by Gasteiger charge is 2.37. The smallest absolute Gasteiger partial charge is 0.273 e. The minimum Gasteiger partial charge on any atom is -0.439 e. The average Bonchev–Trinajstić information content (AvgIpc) is 3.34. The van der Waals surface area contributed by atoms with E-state index in [4.69, 9.17) is 16.3 Å². The van der Waals surface area contributed by atoms with Gasteiger partial charge in [-0.05, 0) is 24.3 Å². The fourth-order valence-corrected chi connectivity index (χ4v) is 4.73. The Labute approximate surface area is 200 Å². The molecule has 0 aliphatic carbocycles. The van der Waals surface area contributed by atoms with Crippen LogP contribution in [0.3, 0.4) is 0 Å². The van der Waals surface area contributed by atoms with E-state index < -0.39 is 0 Å². The third kappa shape index (κ3) is 4.85. The summed E-state index contributed by atoms with van der Waals surface area (Å²) in [5, 5.41) is 2.37. The van der Waals surface area contributed by atoms with Gasteiger partial charge in [-0.15, -0.1) is 11.3 Å². The molecule has 2 aliphatic rings. The summed E-state index contributed by atoms with van der Waals surface area (Å²) in [6.45, 7) is 4.33. The summed E-state index contributed by atoms with van der Waals surface area (Å²) < 4.78 is 5.68. The van der Waals surface area contributed by atoms with Crippen molar-refractivity contribution in [3.8, 4) is 11.6 Å². The predicted octanol–water partition coefficient (Wildman–Crippen LogP) is 3.27. The van der Waals surface area contributed by atoms with Crippen molar-refractivity contribution >= 4 is 34.8 Å². The number of aromatic nitrogens is 2. The van der Waals surface area contributed by atoms with Gasteiger partial charge in [0, 0.05) is 68.0 Å². The van der Waals surface area contributed by atoms with Crippen LogP contribution in [-0.4, -0.2) is 81.8 Å². The molecule has 0 atom stereocenters. The summed E-state index contributed by atoms with van der Waals surface area (Å²) in [7, 11) is 0. The normalized spacial score (nSPS) is 17.0. The number of carbonyl (C=O) groups is 2. The molecule has 0 spiro atoms. The number of hydrogen-bond acceptors (Lipinski definition) is 7. The molecular weight excluding hydrogens is 462 g/mol. The Kier molecular flexibility index (Phi) is 6.26. The SMILES string of the molecule is O=C(c1ccc(Oc2cccc(Cl)c2)nc1)N1CC(N2CCN(C(=O)c3cscn3)CC2)C1. The lowest BCUT2D eigenvalue weighted by Crippen LogP contribution is -2.64. The number of likely N-dealkylation sites (tertiary alicyclic amines) is 1. The monoisotopic (exact) mass is 483 g/mol. The highest BCUT2D eigenvalue weighted by molar-refractivity contribution is 7.07. The van der Waals surface area contributed by atoms with Gasteiger partial charge in [0.15, 0.2) is 0 Å². The van der Waals surface area contributed by atoms with E-state index in [2.05, 4.69) is 14.9 Å². The molecule has 3 aromatic rings. The Bertz CT molecular complexity index is 1130. The number of halogens is 1. The average molecular weight is 484 g/mol. The van der Waals surface area contributed by atoms with Gasteiger partial charge < -0.3 is 14.5 Å². The molecule has 2 aromatic heterocycles. The molecule has 2 fully saturated rings. The van der Waals surface area contributed by atoms with Gasteiger partial charge in [-0.2, -0.15) is 0 Å². The molecule has 33 heavy (non-hydrogen) atoms. The van der Waals surface area contributed by atoms with E-state index in [0.29, 0.717) is 60.1 Å². The van der Waals surface area contributed by atoms with Gasteiger partial charge in [0.1, 0.15) is 11.4 Å². The third-order valence-electron chi connectivity index (χ3n) is 5.92. The van der Waals surface area contributed by atoms with E-state index in [1.54, 1.807) is 53.5 Å². The Morgan fingerprint density at radius 3 is 2.48 bits per heavy atom. The van der Waals surface area contributed by atoms with Crippen LogP contribution in [0, 0.1) is 0 Å². The van der Waals surface area contributed by atoms with E-state index in [9.17, 15) is 9.59 Å². The summed E-state index contributed by atoms with van der Waals surface area (Å²) in [6.07, 6.45) is 1.54. The molecule has 0 N–H and O–H groups in total. The molecule has 8 nitrogen and oxygen atoms in total. The van der Waals surface area contributed by atoms with Crippen LogP contribution in [0.15, 0.2) is 53.5 Å². The van der Waals surface area contributed by atoms with Gasteiger partial charge in [-0.3, -0.25) is 14.5 Å². The zero-order chi connectivity index (χ0) is 22.8. The Morgan fingerprint density at radius 1 is 1.00 bits per heavy atom. The fraction of sp³-hybridized carbons (Fsp3) is 0.304. The van der Waals surface area contributed by atoms with Gasteiger partial charge in [-0.25, -0.2) is 9.97 Å². The topological polar surface area (TPSA) is 78.9 Å². The predicted molar refractivity (Wildman–Crippen MR) is 125 cm³/mol. The number of hydrogen-bond donors (Lipinski definition) is 0. The number of pyridine rings is 1. The van der Waals surface area contributed by atoms with Crippen molar-refractivity contribution in [1.29, 1.82) is 0 Å². The first-order valence-electron chi connectivity index (χ1n) is 10.7. The molecule has 4 heterocycles. The Hall–Kier alpha value is -3.01. The van der Waals surface area contributed by atoms with Crippen molar-refractivity contribution in [2.24, 2.45) is 0 Å². The lowest BCUT2D eigenvalue weighted by Gasteiger charge is -2.48. The van der Waals surface area contributed by atoms with Crippen LogP contribution >= 0.6 is 22.9 Å². The fourth-order valence-electron chi connectivity index (χ4n) is 4.02. The van der Waals surface area contributed by atoms with Crippen molar-refractivity contribution in [2.75, 3.05) is 39.3 Å². The van der Waals surface area contributed by atoms with E-state index in [1.165, 1.54) is 11.3 Å². The highest BCUT2D eigenvalue weighted by atomic mass is 35.5. The second-order valence-electron chi connectivity index (χ2n) is 8.01. The standard InChI is InChI=1S/C23H22ClN5O3S/c24-17-2-1-3-19(10-17)32-21-5-4-16(11-25-21)22(30)29-12-18(13-29)27-6-8-28(9-7-27)23(31)20-14-33-15-26-20/h1-5,10-11,14-15,18H,6-9,12-13H2. The van der Waals surface area contributed by atoms with Crippen LogP contribution in [0.5, 0.6) is 11.6 Å². The maximum atomic E-state index is 12.8. The Balaban J connectivity index is 1.10. The number of amides is 2. The summed E-state index contributed by atoms with van der Waals surface area (Å²) >= 11 is 7.40. The van der Waals surface area contributed by atoms with Crippen molar-refractivity contribution < 1.29 is 14.3 Å². The number of ether oxygens (including phenoxy) is 1. The number of benzene rings is 1. The lowest BCUT2D eigenvalue weighted by atomic mass is 10.0. The van der Waals surface area contributed by atoms with Gasteiger partial charge in [-0.1, -0.05) is 17.7 Å². The van der Waals surface area contributed by atoms with E-state index in [0.717, 1.165) is 13.1 Å². The van der Waals surface area contributed by atoms with Crippen LogP contribution in [0.4, 0.5) is 0 Å². The first kappa shape index (κ1) is 21.8. The summed E-state index contributed by atoms with van der Waals surface area (Å²) in [4.78, 5) is 39.6. The van der Waals surface area contributed by atoms with Crippen molar-refractivity contribution in [2.45, 2.75) is 6.04 Å². The largest absolute Gasteiger partial charge is 0.439 e. The van der Waals surface area contributed by atoms with Gasteiger partial charge in [0.25, 0.3) is 11.8 Å². The quantitative estimate of drug-likeness (QED) is 0.554. The maximum Gasteiger partial charge on any atom is 0.273 e. The molecule has 0 saturated carbocycles. The highest BCUT2D eigenvalue weighted by Crippen LogP contribution is 2.24. The van der Waals surface area contributed by atoms with Gasteiger partial charge in [0.05, 0.1) is 11.1 Å². The molecule has 2 saturated heterocycles. The second-order valence-corrected chi connectivity index (χ2v) is 9.17. The van der Waals surface area contributed by atoms with Gasteiger partial charge in [0.2, 0.25) is 5.88 Å². The zero-order valence-corrected chi connectivity index (χ0v) is 19.3. The molecule has 0 bridgehead atoms. The van der Waals surface area contributed by atoms with Crippen LogP contribution < -0.4 is 4.74 Å². The molecule has 10 heteroatoms. The second kappa shape index (κ2) is 9.46. The third-order valence-corrected chi connectivity index (χ3v) is 6.74. The molecule has 5 rings (SSSR count). The maximum absolute atomic E-state index is 12.8. The molecule has 2 aliphatic heterocycles. The summed E-state index contributed by atoms with van der Waals surface area (Å²) in [5.41, 5.74) is 2.73. The molecule has 0 radical (unpaired) electrons. The van der Waals surface area contributed by atoms with E-state index in [1.807, 2.05) is 9.80 Å². The molecule has 170 valence electrons. The molecule has 0 unspecified atom stereocenters. The molecule has 1 aromatic carbocycles. The number of thiazole rings is 1. The summed E-state index contributed by atoms with van der Waals surface area (Å²) in [6, 6.07) is 10.8. The minimum atomic E-state index is -0.0367. The van der Waals surface area contributed by atoms with Crippen molar-refractivity contribution in [3.63, 3.8) is 0 Å². The number of rotatable bonds is 5. The van der Waals surface area contributed by atoms with Crippen molar-refractivity contribution in [1.82, 2.24) is 24.7 Å². The van der Waals surface area contributed by atoms with Crippen LogP contribution in [-0.2, 0) is 0 Å². The molecule has 2 amide bonds. The zero-order valence-electron chi connectivity index (χ0n) is 17.8. The molecular formula is C23H22ClN5O3S. The number of carbonyl (C=O) groups excluding carboxylic acids is 2. The van der Waals surface area contributed by atoms with Crippen LogP contribution in [0.2, 0.25) is 5.02 Å². The van der Waals surface area contributed by atoms with Crippen LogP contribution in [0.1, 0.15) is 20.8 Å². The Morgan fingerprint density at radius 2 is 1.82 bits per heavy atom. The number of piperazine rings is 1. The summed E-state index contributed by atoms with van der Waals surface area (Å²) in [5.74, 6) is 0.954. The lowest BCUT2D eigenvalue weighted by molar-refractivity contribution is 0.00842. The van der Waals surface area contributed by atoms with Crippen LogP contribution in [0.25, 0.3) is 0 Å². The number of nitrogens with zero attached hydrogens (tertiary/aromatic N) is 5. The van der Waals surface area contributed by atoms with E-state index >= 15 is 0 Å². The first-order valence-corrected chi connectivity index (χ1v) is 12.0. The first-order chi connectivity index (χ1) is 16.1. The van der Waals surface area contributed by atoms with Crippen molar-refractivity contribution in [3.05, 3.63) is 69.8 Å².